The van der Waals surface area contributed by atoms with Crippen molar-refractivity contribution in [2.45, 2.75) is 50.3 Å². The second kappa shape index (κ2) is 9.96. The summed E-state index contributed by atoms with van der Waals surface area (Å²) in [5.74, 6) is 0.547. The van der Waals surface area contributed by atoms with Gasteiger partial charge in [0.2, 0.25) is 0 Å². The minimum absolute atomic E-state index is 0.0132. The lowest BCUT2D eigenvalue weighted by Gasteiger charge is -2.13. The van der Waals surface area contributed by atoms with Gasteiger partial charge in [0, 0.05) is 17.9 Å². The van der Waals surface area contributed by atoms with Crippen molar-refractivity contribution in [3.05, 3.63) is 87.4 Å². The van der Waals surface area contributed by atoms with Crippen LogP contribution in [0, 0.1) is 20.8 Å². The van der Waals surface area contributed by atoms with Gasteiger partial charge >= 0.3 is 6.18 Å². The molecule has 176 valence electrons. The highest BCUT2D eigenvalue weighted by atomic mass is 32.2. The van der Waals surface area contributed by atoms with Crippen LogP contribution in [-0.2, 0) is 18.5 Å². The summed E-state index contributed by atoms with van der Waals surface area (Å²) >= 11 is 1.82. The van der Waals surface area contributed by atoms with Crippen molar-refractivity contribution in [3.8, 4) is 11.1 Å². The number of benzene rings is 2. The van der Waals surface area contributed by atoms with E-state index in [9.17, 15) is 18.0 Å². The summed E-state index contributed by atoms with van der Waals surface area (Å²) in [6, 6.07) is 14.5. The van der Waals surface area contributed by atoms with Gasteiger partial charge in [-0.3, -0.25) is 9.36 Å². The first-order valence-corrected chi connectivity index (χ1v) is 12.6. The summed E-state index contributed by atoms with van der Waals surface area (Å²) in [7, 11) is 0. The van der Waals surface area contributed by atoms with Gasteiger partial charge in [-0.05, 0) is 50.3 Å². The van der Waals surface area contributed by atoms with Crippen LogP contribution in [0.1, 0.15) is 34.4 Å². The SMILES string of the molecule is [CH]CCCn1c(SCc2cc(C)ccc2C)nc2c(-c3ccccc3)c(C(F)(F)F)sc2c1=O. The van der Waals surface area contributed by atoms with Gasteiger partial charge in [-0.25, -0.2) is 4.98 Å². The van der Waals surface area contributed by atoms with Crippen LogP contribution in [0.15, 0.2) is 58.5 Å². The Hall–Kier alpha value is -2.58. The maximum absolute atomic E-state index is 14.0. The van der Waals surface area contributed by atoms with Crippen molar-refractivity contribution < 1.29 is 13.2 Å². The average Bonchev–Trinajstić information content (AvgIpc) is 3.20. The number of hydrogen-bond acceptors (Lipinski definition) is 4. The van der Waals surface area contributed by atoms with Gasteiger partial charge in [0.25, 0.3) is 5.56 Å². The van der Waals surface area contributed by atoms with Crippen molar-refractivity contribution >= 4 is 33.3 Å². The fourth-order valence-corrected chi connectivity index (χ4v) is 5.93. The molecule has 2 aromatic carbocycles. The molecule has 0 atom stereocenters. The highest BCUT2D eigenvalue weighted by Gasteiger charge is 2.38. The normalized spacial score (nSPS) is 11.9. The standard InChI is InChI=1S/C26H23F3N2OS2/c1-4-5-13-31-24(32)22-21(30-25(31)33-15-19-14-16(2)11-12-17(19)3)20(18-9-7-6-8-10-18)23(34-22)26(27,28)29/h1,6-12,14H,4-5,13,15H2,2-3H3. The Balaban J connectivity index is 1.92. The predicted molar refractivity (Wildman–Crippen MR) is 133 cm³/mol. The molecule has 0 N–H and O–H groups in total. The van der Waals surface area contributed by atoms with Crippen molar-refractivity contribution in [2.24, 2.45) is 0 Å². The molecule has 4 aromatic rings. The van der Waals surface area contributed by atoms with Gasteiger partial charge in [0.05, 0.1) is 5.52 Å². The second-order valence-electron chi connectivity index (χ2n) is 8.06. The number of aromatic nitrogens is 2. The molecule has 4 rings (SSSR count). The highest BCUT2D eigenvalue weighted by Crippen LogP contribution is 2.46. The Labute approximate surface area is 204 Å². The summed E-state index contributed by atoms with van der Waals surface area (Å²) in [6.07, 6.45) is -3.72. The van der Waals surface area contributed by atoms with Crippen LogP contribution < -0.4 is 5.56 Å². The highest BCUT2D eigenvalue weighted by molar-refractivity contribution is 7.98. The molecule has 0 amide bonds. The van der Waals surface area contributed by atoms with E-state index in [0.717, 1.165) is 16.7 Å². The van der Waals surface area contributed by atoms with Crippen molar-refractivity contribution in [1.29, 1.82) is 0 Å². The van der Waals surface area contributed by atoms with E-state index >= 15 is 0 Å². The zero-order valence-electron chi connectivity index (χ0n) is 18.8. The summed E-state index contributed by atoms with van der Waals surface area (Å²) < 4.78 is 43.5. The maximum Gasteiger partial charge on any atom is 0.426 e. The van der Waals surface area contributed by atoms with Crippen LogP contribution in [0.3, 0.4) is 0 Å². The van der Waals surface area contributed by atoms with Gasteiger partial charge in [-0.2, -0.15) is 13.2 Å². The van der Waals surface area contributed by atoms with Crippen LogP contribution >= 0.6 is 23.1 Å². The van der Waals surface area contributed by atoms with E-state index in [-0.39, 0.29) is 15.8 Å². The number of halogens is 3. The Morgan fingerprint density at radius 1 is 1.12 bits per heavy atom. The van der Waals surface area contributed by atoms with E-state index in [1.165, 1.54) is 16.3 Å². The van der Waals surface area contributed by atoms with E-state index in [4.69, 9.17) is 6.92 Å². The first-order chi connectivity index (χ1) is 16.2. The lowest BCUT2D eigenvalue weighted by molar-refractivity contribution is -0.133. The third kappa shape index (κ3) is 4.93. The molecule has 3 nitrogen and oxygen atoms in total. The molecular weight excluding hydrogens is 477 g/mol. The molecule has 0 aliphatic rings. The van der Waals surface area contributed by atoms with Gasteiger partial charge in [0.1, 0.15) is 9.58 Å². The zero-order valence-corrected chi connectivity index (χ0v) is 20.4. The molecule has 0 unspecified atom stereocenters. The predicted octanol–water partition coefficient (Wildman–Crippen LogP) is 7.54. The molecule has 34 heavy (non-hydrogen) atoms. The minimum atomic E-state index is -4.60. The molecule has 2 aromatic heterocycles. The first-order valence-electron chi connectivity index (χ1n) is 10.8. The van der Waals surface area contributed by atoms with Crippen LogP contribution in [0.4, 0.5) is 13.2 Å². The number of fused-ring (bicyclic) bond motifs is 1. The zero-order chi connectivity index (χ0) is 24.5. The third-order valence-electron chi connectivity index (χ3n) is 5.53. The van der Waals surface area contributed by atoms with Gasteiger partial charge in [-0.15, -0.1) is 11.3 Å². The number of nitrogens with zero attached hydrogens (tertiary/aromatic N) is 2. The smallest absolute Gasteiger partial charge is 0.286 e. The minimum Gasteiger partial charge on any atom is -0.286 e. The molecule has 8 heteroatoms. The molecule has 0 saturated carbocycles. The molecule has 2 heterocycles. The Bertz CT molecular complexity index is 1380. The topological polar surface area (TPSA) is 34.9 Å². The number of unbranched alkanes of at least 4 members (excludes halogenated alkanes) is 1. The third-order valence-corrected chi connectivity index (χ3v) is 7.77. The Morgan fingerprint density at radius 3 is 2.53 bits per heavy atom. The van der Waals surface area contributed by atoms with Crippen LogP contribution in [-0.4, -0.2) is 9.55 Å². The quantitative estimate of drug-likeness (QED) is 0.194. The van der Waals surface area contributed by atoms with Crippen LogP contribution in [0.25, 0.3) is 21.3 Å². The van der Waals surface area contributed by atoms with E-state index in [1.54, 1.807) is 30.3 Å². The van der Waals surface area contributed by atoms with Crippen LogP contribution in [0.5, 0.6) is 0 Å². The summed E-state index contributed by atoms with van der Waals surface area (Å²) in [6.45, 7) is 9.98. The molecule has 0 saturated heterocycles. The van der Waals surface area contributed by atoms with Gasteiger partial charge < -0.3 is 0 Å². The van der Waals surface area contributed by atoms with Crippen LogP contribution in [0.2, 0.25) is 0 Å². The lowest BCUT2D eigenvalue weighted by Crippen LogP contribution is -2.22. The van der Waals surface area contributed by atoms with E-state index in [2.05, 4.69) is 11.1 Å². The molecule has 0 aliphatic carbocycles. The number of thiophene rings is 1. The van der Waals surface area contributed by atoms with E-state index in [1.807, 2.05) is 26.0 Å². The fraction of sp³-hybridized carbons (Fsp3) is 0.269. The molecule has 2 radical (unpaired) electrons. The Kier molecular flexibility index (Phi) is 7.19. The van der Waals surface area contributed by atoms with Crippen molar-refractivity contribution in [1.82, 2.24) is 9.55 Å². The van der Waals surface area contributed by atoms with Gasteiger partial charge in [0.15, 0.2) is 5.16 Å². The average molecular weight is 501 g/mol. The molecule has 0 bridgehead atoms. The largest absolute Gasteiger partial charge is 0.426 e. The van der Waals surface area contributed by atoms with Crippen molar-refractivity contribution in [2.75, 3.05) is 0 Å². The van der Waals surface area contributed by atoms with E-state index < -0.39 is 16.6 Å². The molecule has 0 aliphatic heterocycles. The maximum atomic E-state index is 14.0. The van der Waals surface area contributed by atoms with Crippen molar-refractivity contribution in [3.63, 3.8) is 0 Å². The first kappa shape index (κ1) is 24.5. The van der Waals surface area contributed by atoms with Gasteiger partial charge in [-0.1, -0.05) is 65.9 Å². The summed E-state index contributed by atoms with van der Waals surface area (Å²) in [4.78, 5) is 17.3. The lowest BCUT2D eigenvalue weighted by atomic mass is 10.1. The molecular formula is C26H23F3N2OS2. The molecule has 0 fully saturated rings. The summed E-state index contributed by atoms with van der Waals surface area (Å²) in [5.41, 5.74) is 3.30. The second-order valence-corrected chi connectivity index (χ2v) is 10.0. The number of hydrogen-bond donors (Lipinski definition) is 0. The number of aryl methyl sites for hydroxylation is 2. The fourth-order valence-electron chi connectivity index (χ4n) is 3.77. The Morgan fingerprint density at radius 2 is 1.85 bits per heavy atom. The number of rotatable bonds is 7. The van der Waals surface area contributed by atoms with E-state index in [0.29, 0.717) is 47.2 Å². The number of alkyl halides is 3. The summed E-state index contributed by atoms with van der Waals surface area (Å²) in [5, 5.41) is 0.399. The number of thioether (sulfide) groups is 1. The monoisotopic (exact) mass is 500 g/mol. The molecule has 0 spiro atoms.